The van der Waals surface area contributed by atoms with E-state index in [4.69, 9.17) is 5.11 Å². The van der Waals surface area contributed by atoms with Crippen molar-refractivity contribution in [3.05, 3.63) is 0 Å². The van der Waals surface area contributed by atoms with Crippen molar-refractivity contribution in [3.8, 4) is 0 Å². The van der Waals surface area contributed by atoms with Crippen molar-refractivity contribution >= 4 is 23.9 Å². The van der Waals surface area contributed by atoms with Gasteiger partial charge in [-0.3, -0.25) is 9.59 Å². The largest absolute Gasteiger partial charge is 0.481 e. The molecule has 1 rings (SSSR count). The SMILES string of the molecule is C.C.O=C(O)CCC(=O)OC[O+]1C(=O)CCC1=O. The van der Waals surface area contributed by atoms with Crippen molar-refractivity contribution in [2.45, 2.75) is 40.5 Å². The first-order chi connectivity index (χ1) is 7.50. The third-order valence-electron chi connectivity index (χ3n) is 1.96. The maximum Gasteiger partial charge on any atom is 0.448 e. The normalized spacial score (nSPS) is 13.7. The van der Waals surface area contributed by atoms with Crippen molar-refractivity contribution in [3.63, 3.8) is 0 Å². The summed E-state index contributed by atoms with van der Waals surface area (Å²) in [4.78, 5) is 43.2. The summed E-state index contributed by atoms with van der Waals surface area (Å²) in [6.07, 6.45) is -0.441. The van der Waals surface area contributed by atoms with Crippen molar-refractivity contribution in [1.29, 1.82) is 0 Å². The van der Waals surface area contributed by atoms with E-state index in [-0.39, 0.29) is 40.5 Å². The molecular formula is C11H19O7+. The third kappa shape index (κ3) is 5.42. The molecule has 0 atom stereocenters. The molecule has 7 nitrogen and oxygen atoms in total. The van der Waals surface area contributed by atoms with Gasteiger partial charge in [-0.25, -0.2) is 0 Å². The molecule has 18 heavy (non-hydrogen) atoms. The molecule has 0 spiro atoms. The Kier molecular flexibility index (Phi) is 8.42. The highest BCUT2D eigenvalue weighted by Gasteiger charge is 2.37. The molecule has 1 heterocycles. The van der Waals surface area contributed by atoms with Gasteiger partial charge in [0.2, 0.25) is 0 Å². The first-order valence-corrected chi connectivity index (χ1v) is 4.64. The molecule has 1 fully saturated rings. The van der Waals surface area contributed by atoms with Crippen LogP contribution in [0.5, 0.6) is 0 Å². The molecule has 0 unspecified atom stereocenters. The summed E-state index contributed by atoms with van der Waals surface area (Å²) in [7, 11) is 0. The number of ether oxygens (including phenoxy) is 1. The fourth-order valence-electron chi connectivity index (χ4n) is 1.11. The molecule has 1 N–H and O–H groups in total. The highest BCUT2D eigenvalue weighted by molar-refractivity contribution is 5.95. The smallest absolute Gasteiger partial charge is 0.448 e. The Morgan fingerprint density at radius 2 is 1.61 bits per heavy atom. The minimum atomic E-state index is -1.11. The number of carbonyl (C=O) groups excluding carboxylic acids is 3. The van der Waals surface area contributed by atoms with Gasteiger partial charge >= 0.3 is 23.9 Å². The molecule has 1 saturated heterocycles. The first-order valence-electron chi connectivity index (χ1n) is 4.64. The zero-order chi connectivity index (χ0) is 12.1. The molecule has 0 bridgehead atoms. The summed E-state index contributed by atoms with van der Waals surface area (Å²) in [6.45, 7) is -0.504. The zero-order valence-electron chi connectivity index (χ0n) is 8.43. The number of carboxylic acids is 1. The second-order valence-electron chi connectivity index (χ2n) is 3.16. The molecular weight excluding hydrogens is 244 g/mol. The minimum Gasteiger partial charge on any atom is -0.481 e. The molecule has 0 saturated carbocycles. The van der Waals surface area contributed by atoms with Crippen LogP contribution in [0.3, 0.4) is 0 Å². The average Bonchev–Trinajstić information content (AvgIpc) is 2.53. The standard InChI is InChI=1S/C9H10O7.2CH4/c10-6(11)1-2-7(12)15-5-16-8(13)3-4-9(16)14;;/h1-5H2;2*1H4/p+1. The van der Waals surface area contributed by atoms with Crippen LogP contribution in [0.4, 0.5) is 0 Å². The number of cyclic esters (lactones) is 2. The predicted octanol–water partition coefficient (Wildman–Crippen LogP) is 1.02. The van der Waals surface area contributed by atoms with E-state index in [9.17, 15) is 19.2 Å². The molecule has 0 radical (unpaired) electrons. The Morgan fingerprint density at radius 1 is 1.11 bits per heavy atom. The van der Waals surface area contributed by atoms with Crippen LogP contribution in [0.15, 0.2) is 0 Å². The Morgan fingerprint density at radius 3 is 2.06 bits per heavy atom. The lowest BCUT2D eigenvalue weighted by atomic mass is 10.3. The van der Waals surface area contributed by atoms with Crippen LogP contribution in [0.2, 0.25) is 0 Å². The Hall–Kier alpha value is -1.92. The molecule has 0 aromatic rings. The zero-order valence-corrected chi connectivity index (χ0v) is 8.43. The average molecular weight is 263 g/mol. The number of esters is 1. The summed E-state index contributed by atoms with van der Waals surface area (Å²) >= 11 is 0. The van der Waals surface area contributed by atoms with Gasteiger partial charge in [-0.1, -0.05) is 24.4 Å². The Bertz CT molecular complexity index is 318. The quantitative estimate of drug-likeness (QED) is 0.451. The molecule has 0 amide bonds. The summed E-state index contributed by atoms with van der Waals surface area (Å²) in [6, 6.07) is 0. The summed E-state index contributed by atoms with van der Waals surface area (Å²) < 4.78 is 6.25. The molecule has 1 aliphatic rings. The number of carbonyl (C=O) groups is 4. The molecule has 7 heteroatoms. The fraction of sp³-hybridized carbons (Fsp3) is 0.636. The van der Waals surface area contributed by atoms with E-state index in [0.29, 0.717) is 0 Å². The van der Waals surface area contributed by atoms with Gasteiger partial charge in [-0.05, 0) is 0 Å². The molecule has 1 aliphatic heterocycles. The van der Waals surface area contributed by atoms with Crippen LogP contribution in [-0.2, 0) is 28.3 Å². The number of hydrogen-bond donors (Lipinski definition) is 1. The van der Waals surface area contributed by atoms with Crippen LogP contribution in [-0.4, -0.2) is 35.8 Å². The van der Waals surface area contributed by atoms with E-state index in [1.165, 1.54) is 0 Å². The molecule has 0 aromatic heterocycles. The van der Waals surface area contributed by atoms with Gasteiger partial charge in [0.25, 0.3) is 6.79 Å². The van der Waals surface area contributed by atoms with Crippen molar-refractivity contribution < 1.29 is 33.4 Å². The number of hydrogen-bond acceptors (Lipinski definition) is 5. The molecule has 0 aliphatic carbocycles. The van der Waals surface area contributed by atoms with Crippen LogP contribution < -0.4 is 0 Å². The van der Waals surface area contributed by atoms with Gasteiger partial charge in [-0.15, -0.1) is 0 Å². The summed E-state index contributed by atoms with van der Waals surface area (Å²) in [5.74, 6) is -2.80. The number of rotatable bonds is 5. The fourth-order valence-corrected chi connectivity index (χ4v) is 1.11. The van der Waals surface area contributed by atoms with Crippen molar-refractivity contribution in [2.24, 2.45) is 0 Å². The second kappa shape index (κ2) is 8.21. The summed E-state index contributed by atoms with van der Waals surface area (Å²) in [5, 5.41) is 8.29. The van der Waals surface area contributed by atoms with Gasteiger partial charge in [0.1, 0.15) is 0 Å². The van der Waals surface area contributed by atoms with Gasteiger partial charge in [0, 0.05) is 0 Å². The maximum atomic E-state index is 11.0. The van der Waals surface area contributed by atoms with Crippen molar-refractivity contribution in [2.75, 3.05) is 6.79 Å². The highest BCUT2D eigenvalue weighted by Crippen LogP contribution is 2.16. The van der Waals surface area contributed by atoms with Gasteiger partial charge in [0.15, 0.2) is 0 Å². The van der Waals surface area contributed by atoms with Gasteiger partial charge < -0.3 is 14.2 Å². The monoisotopic (exact) mass is 263 g/mol. The van der Waals surface area contributed by atoms with E-state index in [0.717, 1.165) is 0 Å². The first kappa shape index (κ1) is 18.4. The van der Waals surface area contributed by atoms with E-state index < -0.39 is 30.7 Å². The lowest BCUT2D eigenvalue weighted by molar-refractivity contribution is -0.213. The Labute approximate surface area is 105 Å². The molecule has 0 aromatic carbocycles. The minimum absolute atomic E-state index is 0. The lowest BCUT2D eigenvalue weighted by Gasteiger charge is -2.13. The van der Waals surface area contributed by atoms with Crippen LogP contribution in [0, 0.1) is 0 Å². The van der Waals surface area contributed by atoms with Crippen LogP contribution >= 0.6 is 0 Å². The second-order valence-corrected chi connectivity index (χ2v) is 3.16. The van der Waals surface area contributed by atoms with Crippen LogP contribution in [0.25, 0.3) is 0 Å². The van der Waals surface area contributed by atoms with E-state index in [1.807, 2.05) is 0 Å². The number of aliphatic carboxylic acids is 1. The van der Waals surface area contributed by atoms with E-state index in [1.54, 1.807) is 4.37 Å². The highest BCUT2D eigenvalue weighted by atomic mass is 16.8. The predicted molar refractivity (Wildman–Crippen MR) is 61.6 cm³/mol. The van der Waals surface area contributed by atoms with E-state index >= 15 is 0 Å². The maximum absolute atomic E-state index is 11.0. The van der Waals surface area contributed by atoms with E-state index in [2.05, 4.69) is 4.74 Å². The summed E-state index contributed by atoms with van der Waals surface area (Å²) in [5.41, 5.74) is 0. The van der Waals surface area contributed by atoms with Crippen LogP contribution in [0.1, 0.15) is 40.5 Å². The van der Waals surface area contributed by atoms with Gasteiger partial charge in [0.05, 0.1) is 25.7 Å². The van der Waals surface area contributed by atoms with Crippen molar-refractivity contribution in [1.82, 2.24) is 0 Å². The number of carboxylic acid groups (broad SMARTS) is 1. The third-order valence-corrected chi connectivity index (χ3v) is 1.96. The topological polar surface area (TPSA) is 100 Å². The molecule has 104 valence electrons. The lowest BCUT2D eigenvalue weighted by Crippen LogP contribution is -2.24. The Balaban J connectivity index is 0. The van der Waals surface area contributed by atoms with Gasteiger partial charge in [-0.2, -0.15) is 0 Å².